The van der Waals surface area contributed by atoms with Gasteiger partial charge in [0.05, 0.1) is 4.90 Å². The van der Waals surface area contributed by atoms with Crippen LogP contribution in [0.2, 0.25) is 0 Å². The Morgan fingerprint density at radius 2 is 1.81 bits per heavy atom. The molecule has 8 heteroatoms. The van der Waals surface area contributed by atoms with E-state index in [0.717, 1.165) is 45.4 Å². The Hall–Kier alpha value is -1.64. The highest BCUT2D eigenvalue weighted by atomic mass is 32.2. The van der Waals surface area contributed by atoms with Crippen molar-refractivity contribution in [2.45, 2.75) is 43.0 Å². The summed E-state index contributed by atoms with van der Waals surface area (Å²) in [5, 5.41) is 2.90. The summed E-state index contributed by atoms with van der Waals surface area (Å²) in [5.74, 6) is 0.489. The van der Waals surface area contributed by atoms with Gasteiger partial charge in [-0.05, 0) is 62.4 Å². The molecule has 148 valence electrons. The third-order valence-corrected chi connectivity index (χ3v) is 7.24. The molecule has 2 N–H and O–H groups in total. The number of rotatable bonds is 5. The Morgan fingerprint density at radius 3 is 2.56 bits per heavy atom. The number of piperidine rings is 1. The molecule has 27 heavy (non-hydrogen) atoms. The molecule has 0 aromatic heterocycles. The average Bonchev–Trinajstić information content (AvgIpc) is 3.51. The molecule has 0 radical (unpaired) electrons. The molecule has 1 saturated carbocycles. The maximum absolute atomic E-state index is 12.6. The van der Waals surface area contributed by atoms with Crippen molar-refractivity contribution in [1.29, 1.82) is 0 Å². The number of anilines is 1. The van der Waals surface area contributed by atoms with Gasteiger partial charge < -0.3 is 10.2 Å². The number of nitrogens with zero attached hydrogens (tertiary/aromatic N) is 2. The van der Waals surface area contributed by atoms with Gasteiger partial charge in [-0.15, -0.1) is 0 Å². The summed E-state index contributed by atoms with van der Waals surface area (Å²) in [4.78, 5) is 17.2. The number of amides is 2. The number of benzene rings is 1. The fourth-order valence-electron chi connectivity index (χ4n) is 3.89. The molecule has 1 atom stereocenters. The second kappa shape index (κ2) is 7.77. The summed E-state index contributed by atoms with van der Waals surface area (Å²) in [6.07, 6.45) is 5.85. The number of nitrogens with one attached hydrogen (secondary N) is 2. The first kappa shape index (κ1) is 18.7. The Morgan fingerprint density at radius 1 is 1.04 bits per heavy atom. The van der Waals surface area contributed by atoms with Crippen LogP contribution < -0.4 is 10.0 Å². The molecule has 1 aromatic rings. The van der Waals surface area contributed by atoms with E-state index in [2.05, 4.69) is 14.9 Å². The number of sulfonamides is 1. The zero-order valence-electron chi connectivity index (χ0n) is 15.6. The number of urea groups is 1. The fourth-order valence-corrected chi connectivity index (χ4v) is 5.01. The van der Waals surface area contributed by atoms with Crippen molar-refractivity contribution in [3.63, 3.8) is 0 Å². The minimum Gasteiger partial charge on any atom is -0.322 e. The summed E-state index contributed by atoms with van der Waals surface area (Å²) in [5.41, 5.74) is 0.618. The van der Waals surface area contributed by atoms with Gasteiger partial charge in [0.1, 0.15) is 0 Å². The van der Waals surface area contributed by atoms with Crippen molar-refractivity contribution in [3.8, 4) is 0 Å². The van der Waals surface area contributed by atoms with Crippen molar-refractivity contribution in [1.82, 2.24) is 14.5 Å². The predicted octanol–water partition coefficient (Wildman–Crippen LogP) is 2.08. The van der Waals surface area contributed by atoms with Crippen LogP contribution in [0.3, 0.4) is 0 Å². The van der Waals surface area contributed by atoms with Crippen LogP contribution in [-0.4, -0.2) is 63.0 Å². The zero-order valence-corrected chi connectivity index (χ0v) is 16.4. The monoisotopic (exact) mass is 392 g/mol. The topological polar surface area (TPSA) is 81.7 Å². The van der Waals surface area contributed by atoms with Crippen LogP contribution in [0.1, 0.15) is 32.1 Å². The lowest BCUT2D eigenvalue weighted by Crippen LogP contribution is -2.56. The van der Waals surface area contributed by atoms with Crippen LogP contribution in [0.4, 0.5) is 10.5 Å². The molecule has 0 bridgehead atoms. The van der Waals surface area contributed by atoms with Gasteiger partial charge in [0.2, 0.25) is 10.0 Å². The largest absolute Gasteiger partial charge is 0.322 e. The number of hydrogen-bond donors (Lipinski definition) is 2. The molecule has 3 fully saturated rings. The van der Waals surface area contributed by atoms with Crippen LogP contribution in [0.5, 0.6) is 0 Å². The van der Waals surface area contributed by atoms with Crippen molar-refractivity contribution in [2.24, 2.45) is 5.92 Å². The molecule has 1 unspecified atom stereocenters. The second-order valence-electron chi connectivity index (χ2n) is 7.88. The normalized spacial score (nSPS) is 23.7. The first-order chi connectivity index (χ1) is 13.0. The molecule has 7 nitrogen and oxygen atoms in total. The molecule has 1 aliphatic carbocycles. The van der Waals surface area contributed by atoms with Crippen LogP contribution >= 0.6 is 0 Å². The lowest BCUT2D eigenvalue weighted by atomic mass is 10.00. The summed E-state index contributed by atoms with van der Waals surface area (Å²) in [7, 11) is -3.47. The van der Waals surface area contributed by atoms with Crippen LogP contribution in [0, 0.1) is 5.92 Å². The maximum atomic E-state index is 12.6. The highest BCUT2D eigenvalue weighted by Crippen LogP contribution is 2.28. The molecule has 2 amide bonds. The first-order valence-electron chi connectivity index (χ1n) is 9.91. The van der Waals surface area contributed by atoms with Crippen LogP contribution in [0.15, 0.2) is 29.2 Å². The van der Waals surface area contributed by atoms with E-state index in [0.29, 0.717) is 24.2 Å². The lowest BCUT2D eigenvalue weighted by molar-refractivity contribution is 0.0678. The molecular formula is C19H28N4O3S. The Labute approximate surface area is 161 Å². The number of fused-ring (bicyclic) bond motifs is 1. The summed E-state index contributed by atoms with van der Waals surface area (Å²) >= 11 is 0. The molecule has 2 aliphatic heterocycles. The van der Waals surface area contributed by atoms with Gasteiger partial charge in [-0.2, -0.15) is 0 Å². The van der Waals surface area contributed by atoms with E-state index in [-0.39, 0.29) is 10.9 Å². The van der Waals surface area contributed by atoms with Crippen molar-refractivity contribution < 1.29 is 13.2 Å². The van der Waals surface area contributed by atoms with E-state index in [1.807, 2.05) is 4.90 Å². The molecule has 4 rings (SSSR count). The predicted molar refractivity (Wildman–Crippen MR) is 104 cm³/mol. The van der Waals surface area contributed by atoms with E-state index in [1.54, 1.807) is 24.3 Å². The second-order valence-corrected chi connectivity index (χ2v) is 9.65. The molecular weight excluding hydrogens is 364 g/mol. The van der Waals surface area contributed by atoms with Crippen molar-refractivity contribution >= 4 is 21.7 Å². The summed E-state index contributed by atoms with van der Waals surface area (Å²) in [6, 6.07) is 6.76. The minimum absolute atomic E-state index is 0.109. The quantitative estimate of drug-likeness (QED) is 0.804. The fraction of sp³-hybridized carbons (Fsp3) is 0.632. The molecule has 3 aliphatic rings. The van der Waals surface area contributed by atoms with Gasteiger partial charge in [0.25, 0.3) is 0 Å². The van der Waals surface area contributed by atoms with Crippen molar-refractivity contribution in [3.05, 3.63) is 24.3 Å². The molecule has 0 spiro atoms. The van der Waals surface area contributed by atoms with E-state index in [4.69, 9.17) is 0 Å². The van der Waals surface area contributed by atoms with E-state index >= 15 is 0 Å². The number of hydrogen-bond acceptors (Lipinski definition) is 4. The Bertz CT molecular complexity index is 777. The standard InChI is InChI=1S/C19H28N4O3S/c24-19(23-12-11-22-10-2-1-3-17(22)14-23)21-16-6-8-18(9-7-16)27(25,26)20-13-15-4-5-15/h6-9,15,17,20H,1-5,10-14H2,(H,21,24). The summed E-state index contributed by atoms with van der Waals surface area (Å²) < 4.78 is 27.2. The van der Waals surface area contributed by atoms with Gasteiger partial charge in [-0.25, -0.2) is 17.9 Å². The Kier molecular flexibility index (Phi) is 5.39. The molecule has 2 heterocycles. The molecule has 2 saturated heterocycles. The van der Waals surface area contributed by atoms with E-state index in [9.17, 15) is 13.2 Å². The van der Waals surface area contributed by atoms with Gasteiger partial charge in [0, 0.05) is 37.9 Å². The number of carbonyl (C=O) groups is 1. The van der Waals surface area contributed by atoms with Crippen molar-refractivity contribution in [2.75, 3.05) is 38.0 Å². The van der Waals surface area contributed by atoms with Crippen LogP contribution in [-0.2, 0) is 10.0 Å². The van der Waals surface area contributed by atoms with E-state index in [1.165, 1.54) is 12.8 Å². The average molecular weight is 393 g/mol. The minimum atomic E-state index is -3.47. The van der Waals surface area contributed by atoms with E-state index < -0.39 is 10.0 Å². The first-order valence-corrected chi connectivity index (χ1v) is 11.4. The third kappa shape index (κ3) is 4.62. The highest BCUT2D eigenvalue weighted by Gasteiger charge is 2.31. The number of piperazine rings is 1. The lowest BCUT2D eigenvalue weighted by Gasteiger charge is -2.43. The van der Waals surface area contributed by atoms with Gasteiger partial charge in [-0.3, -0.25) is 4.90 Å². The maximum Gasteiger partial charge on any atom is 0.321 e. The summed E-state index contributed by atoms with van der Waals surface area (Å²) in [6.45, 7) is 4.09. The van der Waals surface area contributed by atoms with Gasteiger partial charge in [0.15, 0.2) is 0 Å². The highest BCUT2D eigenvalue weighted by molar-refractivity contribution is 7.89. The smallest absolute Gasteiger partial charge is 0.321 e. The van der Waals surface area contributed by atoms with Gasteiger partial charge in [-0.1, -0.05) is 6.42 Å². The zero-order chi connectivity index (χ0) is 18.9. The van der Waals surface area contributed by atoms with Gasteiger partial charge >= 0.3 is 6.03 Å². The van der Waals surface area contributed by atoms with Crippen LogP contribution in [0.25, 0.3) is 0 Å². The number of carbonyl (C=O) groups excluding carboxylic acids is 1. The third-order valence-electron chi connectivity index (χ3n) is 5.80. The SMILES string of the molecule is O=C(Nc1ccc(S(=O)(=O)NCC2CC2)cc1)N1CCN2CCCCC2C1. The Balaban J connectivity index is 1.33. The molecule has 1 aromatic carbocycles.